The van der Waals surface area contributed by atoms with Crippen LogP contribution in [0.15, 0.2) is 42.5 Å². The second kappa shape index (κ2) is 14.3. The summed E-state index contributed by atoms with van der Waals surface area (Å²) in [5.41, 5.74) is 5.23. The molecule has 2 fully saturated rings. The summed E-state index contributed by atoms with van der Waals surface area (Å²) in [6.45, 7) is 4.53. The van der Waals surface area contributed by atoms with Gasteiger partial charge in [0.25, 0.3) is 0 Å². The zero-order valence-corrected chi connectivity index (χ0v) is 25.2. The summed E-state index contributed by atoms with van der Waals surface area (Å²) in [6.07, 6.45) is 22.6. The maximum atomic E-state index is 15.4. The average Bonchev–Trinajstić information content (AvgIpc) is 3.00. The molecular weight excluding hydrogens is 494 g/mol. The van der Waals surface area contributed by atoms with E-state index in [0.717, 1.165) is 67.1 Å². The molecule has 0 spiro atoms. The highest BCUT2D eigenvalue weighted by Gasteiger charge is 2.28. The van der Waals surface area contributed by atoms with Gasteiger partial charge in [-0.2, -0.15) is 0 Å². The van der Waals surface area contributed by atoms with Crippen molar-refractivity contribution in [2.75, 3.05) is 0 Å². The number of hydrogen-bond donors (Lipinski definition) is 0. The maximum absolute atomic E-state index is 15.4. The second-order valence-corrected chi connectivity index (χ2v) is 13.4. The molecule has 2 heteroatoms. The molecule has 40 heavy (non-hydrogen) atoms. The summed E-state index contributed by atoms with van der Waals surface area (Å²) in [7, 11) is 0. The van der Waals surface area contributed by atoms with Crippen molar-refractivity contribution >= 4 is 5.57 Å². The van der Waals surface area contributed by atoms with E-state index in [-0.39, 0.29) is 17.6 Å². The van der Waals surface area contributed by atoms with Gasteiger partial charge in [-0.3, -0.25) is 0 Å². The molecule has 1 unspecified atom stereocenters. The van der Waals surface area contributed by atoms with Crippen molar-refractivity contribution in [3.63, 3.8) is 0 Å². The first-order chi connectivity index (χ1) is 19.6. The van der Waals surface area contributed by atoms with Gasteiger partial charge in [-0.05, 0) is 135 Å². The molecule has 2 aromatic carbocycles. The highest BCUT2D eigenvalue weighted by molar-refractivity contribution is 5.67. The number of halogens is 2. The fraction of sp³-hybridized carbons (Fsp3) is 0.632. The Morgan fingerprint density at radius 1 is 0.650 bits per heavy atom. The third-order valence-electron chi connectivity index (χ3n) is 10.9. The standard InChI is InChI=1S/C38H52F2/c1-3-5-6-7-8-28-11-13-29(14-12-28)33-21-24-36(38(40)25-33)32-19-17-30(18-20-32)34-22-23-35(37(39)26-34)31-15-9-27(4-2)10-16-31/h15,21-30,32H,3-14,16-20H2,1-2H3. The van der Waals surface area contributed by atoms with E-state index in [0.29, 0.717) is 11.8 Å². The zero-order chi connectivity index (χ0) is 27.9. The zero-order valence-electron chi connectivity index (χ0n) is 25.2. The van der Waals surface area contributed by atoms with E-state index in [9.17, 15) is 0 Å². The van der Waals surface area contributed by atoms with Crippen LogP contribution < -0.4 is 0 Å². The fourth-order valence-corrected chi connectivity index (χ4v) is 8.06. The molecule has 0 aromatic heterocycles. The molecule has 3 aliphatic carbocycles. The average molecular weight is 547 g/mol. The fourth-order valence-electron chi connectivity index (χ4n) is 8.06. The quantitative estimate of drug-likeness (QED) is 0.260. The SMILES string of the molecule is CCCCCCC1CCC(c2ccc(C3CCC(c4ccc(C5=CCC(CC)CC5)c(F)c4)CC3)c(F)c2)CC1. The van der Waals surface area contributed by atoms with Gasteiger partial charge in [0.05, 0.1) is 0 Å². The summed E-state index contributed by atoms with van der Waals surface area (Å²) < 4.78 is 30.6. The van der Waals surface area contributed by atoms with Crippen molar-refractivity contribution in [3.8, 4) is 0 Å². The summed E-state index contributed by atoms with van der Waals surface area (Å²) in [5, 5.41) is 0. The van der Waals surface area contributed by atoms with E-state index < -0.39 is 0 Å². The lowest BCUT2D eigenvalue weighted by Gasteiger charge is -2.31. The topological polar surface area (TPSA) is 0 Å². The summed E-state index contributed by atoms with van der Waals surface area (Å²) in [4.78, 5) is 0. The predicted molar refractivity (Wildman–Crippen MR) is 166 cm³/mol. The van der Waals surface area contributed by atoms with E-state index in [1.54, 1.807) is 6.07 Å². The summed E-state index contributed by atoms with van der Waals surface area (Å²) in [6, 6.07) is 12.2. The number of rotatable bonds is 10. The second-order valence-electron chi connectivity index (χ2n) is 13.4. The lowest BCUT2D eigenvalue weighted by Crippen LogP contribution is -2.15. The molecule has 0 heterocycles. The van der Waals surface area contributed by atoms with E-state index in [1.165, 1.54) is 81.8 Å². The minimum atomic E-state index is -0.0621. The van der Waals surface area contributed by atoms with Gasteiger partial charge in [0.1, 0.15) is 11.6 Å². The Kier molecular flexibility index (Phi) is 10.5. The minimum absolute atomic E-state index is 0.00380. The van der Waals surface area contributed by atoms with Crippen LogP contribution >= 0.6 is 0 Å². The van der Waals surface area contributed by atoms with Crippen LogP contribution in [0.2, 0.25) is 0 Å². The smallest absolute Gasteiger partial charge is 0.130 e. The minimum Gasteiger partial charge on any atom is -0.207 e. The molecule has 0 saturated heterocycles. The van der Waals surface area contributed by atoms with Crippen LogP contribution in [0.3, 0.4) is 0 Å². The first-order valence-corrected chi connectivity index (χ1v) is 16.8. The number of allylic oxidation sites excluding steroid dienone is 2. The van der Waals surface area contributed by atoms with Gasteiger partial charge < -0.3 is 0 Å². The molecule has 0 radical (unpaired) electrons. The molecule has 0 amide bonds. The Bertz CT molecular complexity index is 1110. The van der Waals surface area contributed by atoms with Crippen molar-refractivity contribution in [2.24, 2.45) is 11.8 Å². The lowest BCUT2D eigenvalue weighted by molar-refractivity contribution is 0.301. The predicted octanol–water partition coefficient (Wildman–Crippen LogP) is 12.2. The Hall–Kier alpha value is -1.96. The first-order valence-electron chi connectivity index (χ1n) is 16.8. The van der Waals surface area contributed by atoms with Gasteiger partial charge in [0.2, 0.25) is 0 Å². The normalized spacial score (nSPS) is 27.4. The van der Waals surface area contributed by atoms with E-state index >= 15 is 8.78 Å². The van der Waals surface area contributed by atoms with Gasteiger partial charge in [0.15, 0.2) is 0 Å². The monoisotopic (exact) mass is 546 g/mol. The van der Waals surface area contributed by atoms with Crippen molar-refractivity contribution < 1.29 is 8.78 Å². The molecule has 3 aliphatic rings. The Balaban J connectivity index is 1.13. The van der Waals surface area contributed by atoms with Crippen LogP contribution in [0.25, 0.3) is 5.57 Å². The molecule has 2 saturated carbocycles. The highest BCUT2D eigenvalue weighted by atomic mass is 19.1. The Labute approximate surface area is 243 Å². The molecule has 0 aliphatic heterocycles. The van der Waals surface area contributed by atoms with Crippen molar-refractivity contribution in [1.29, 1.82) is 0 Å². The molecule has 218 valence electrons. The third-order valence-corrected chi connectivity index (χ3v) is 10.9. The molecule has 5 rings (SSSR count). The Morgan fingerprint density at radius 2 is 1.30 bits per heavy atom. The lowest BCUT2D eigenvalue weighted by atomic mass is 9.74. The molecule has 0 N–H and O–H groups in total. The van der Waals surface area contributed by atoms with Crippen LogP contribution in [0.4, 0.5) is 8.78 Å². The first kappa shape index (κ1) is 29.5. The molecular formula is C38H52F2. The third kappa shape index (κ3) is 7.27. The molecule has 2 aromatic rings. The summed E-state index contributed by atoms with van der Waals surface area (Å²) >= 11 is 0. The van der Waals surface area contributed by atoms with Crippen LogP contribution in [0.5, 0.6) is 0 Å². The molecule has 0 nitrogen and oxygen atoms in total. The van der Waals surface area contributed by atoms with Crippen molar-refractivity contribution in [2.45, 2.75) is 141 Å². The van der Waals surface area contributed by atoms with Crippen molar-refractivity contribution in [1.82, 2.24) is 0 Å². The van der Waals surface area contributed by atoms with Crippen molar-refractivity contribution in [3.05, 3.63) is 76.4 Å². The van der Waals surface area contributed by atoms with Gasteiger partial charge in [-0.25, -0.2) is 8.78 Å². The van der Waals surface area contributed by atoms with Crippen LogP contribution in [0.1, 0.15) is 163 Å². The van der Waals surface area contributed by atoms with Gasteiger partial charge in [-0.1, -0.05) is 82.7 Å². The van der Waals surface area contributed by atoms with Gasteiger partial charge in [0, 0.05) is 5.56 Å². The molecule has 0 bridgehead atoms. The van der Waals surface area contributed by atoms with Crippen LogP contribution in [-0.2, 0) is 0 Å². The van der Waals surface area contributed by atoms with E-state index in [4.69, 9.17) is 0 Å². The summed E-state index contributed by atoms with van der Waals surface area (Å²) in [5.74, 6) is 2.78. The van der Waals surface area contributed by atoms with Crippen LogP contribution in [-0.4, -0.2) is 0 Å². The van der Waals surface area contributed by atoms with Gasteiger partial charge >= 0.3 is 0 Å². The number of hydrogen-bond acceptors (Lipinski definition) is 0. The van der Waals surface area contributed by atoms with E-state index in [1.807, 2.05) is 12.1 Å². The maximum Gasteiger partial charge on any atom is 0.130 e. The molecule has 1 atom stereocenters. The highest BCUT2D eigenvalue weighted by Crippen LogP contribution is 2.44. The number of benzene rings is 2. The van der Waals surface area contributed by atoms with E-state index in [2.05, 4.69) is 38.1 Å². The largest absolute Gasteiger partial charge is 0.207 e. The Morgan fingerprint density at radius 3 is 1.90 bits per heavy atom. The van der Waals surface area contributed by atoms with Gasteiger partial charge in [-0.15, -0.1) is 0 Å². The van der Waals surface area contributed by atoms with Crippen LogP contribution in [0, 0.1) is 23.5 Å². The number of unbranched alkanes of at least 4 members (excludes halogenated alkanes) is 3.